The molecule has 4 heteroatoms. The van der Waals surface area contributed by atoms with E-state index in [-0.39, 0.29) is 17.4 Å². The first-order valence-electron chi connectivity index (χ1n) is 3.75. The summed E-state index contributed by atoms with van der Waals surface area (Å²) in [6, 6.07) is 0. The van der Waals surface area contributed by atoms with E-state index >= 15 is 0 Å². The molecule has 0 saturated carbocycles. The maximum atomic E-state index is 10.7. The average Bonchev–Trinajstić information content (AvgIpc) is 1.85. The second kappa shape index (κ2) is 4.64. The molecule has 0 aromatic heterocycles. The van der Waals surface area contributed by atoms with E-state index in [1.54, 1.807) is 0 Å². The molecule has 0 spiro atoms. The normalized spacial score (nSPS) is 12.7. The van der Waals surface area contributed by atoms with E-state index < -0.39 is 5.78 Å². The summed E-state index contributed by atoms with van der Waals surface area (Å²) in [5, 5.41) is 11.7. The lowest BCUT2D eigenvalue weighted by Crippen LogP contribution is -2.01. The van der Waals surface area contributed by atoms with E-state index in [1.807, 2.05) is 13.8 Å². The van der Waals surface area contributed by atoms with Gasteiger partial charge in [0.25, 0.3) is 0 Å². The summed E-state index contributed by atoms with van der Waals surface area (Å²) < 4.78 is 0. The summed E-state index contributed by atoms with van der Waals surface area (Å²) in [5.41, 5.74) is -0.358. The fraction of sp³-hybridized carbons (Fsp3) is 0.625. The number of allylic oxidation sites excluding steroid dienone is 2. The first-order chi connectivity index (χ1) is 5.49. The van der Waals surface area contributed by atoms with Crippen molar-refractivity contribution in [2.24, 2.45) is 11.1 Å². The van der Waals surface area contributed by atoms with Crippen LogP contribution in [0, 0.1) is 10.8 Å². The lowest BCUT2D eigenvalue weighted by Gasteiger charge is -2.03. The van der Waals surface area contributed by atoms with Crippen LogP contribution < -0.4 is 0 Å². The summed E-state index contributed by atoms with van der Waals surface area (Å²) >= 11 is 0. The van der Waals surface area contributed by atoms with Crippen LogP contribution in [0.15, 0.2) is 16.6 Å². The first kappa shape index (κ1) is 10.8. The van der Waals surface area contributed by atoms with Gasteiger partial charge in [-0.25, -0.2) is 0 Å². The van der Waals surface area contributed by atoms with Crippen LogP contribution >= 0.6 is 0 Å². The van der Waals surface area contributed by atoms with Crippen molar-refractivity contribution < 1.29 is 9.90 Å². The van der Waals surface area contributed by atoms with E-state index in [4.69, 9.17) is 0 Å². The fourth-order valence-electron chi connectivity index (χ4n) is 0.804. The van der Waals surface area contributed by atoms with Crippen molar-refractivity contribution in [1.29, 1.82) is 0 Å². The van der Waals surface area contributed by atoms with E-state index in [1.165, 1.54) is 6.92 Å². The summed E-state index contributed by atoms with van der Waals surface area (Å²) in [4.78, 5) is 20.8. The minimum absolute atomic E-state index is 0.195. The Hall–Kier alpha value is -1.19. The van der Waals surface area contributed by atoms with Gasteiger partial charge in [-0.05, 0) is 11.1 Å². The quantitative estimate of drug-likeness (QED) is 0.400. The van der Waals surface area contributed by atoms with Crippen LogP contribution in [-0.2, 0) is 4.79 Å². The van der Waals surface area contributed by atoms with E-state index in [0.717, 1.165) is 0 Å². The van der Waals surface area contributed by atoms with Crippen LogP contribution in [0.5, 0.6) is 0 Å². The van der Waals surface area contributed by atoms with Gasteiger partial charge < -0.3 is 5.11 Å². The van der Waals surface area contributed by atoms with Crippen molar-refractivity contribution in [2.45, 2.75) is 27.2 Å². The van der Waals surface area contributed by atoms with Crippen LogP contribution in [0.25, 0.3) is 0 Å². The highest BCUT2D eigenvalue weighted by atomic mass is 16.3. The molecule has 12 heavy (non-hydrogen) atoms. The Bertz CT molecular complexity index is 218. The largest absolute Gasteiger partial charge is 0.510 e. The number of nitrogens with zero attached hydrogens (tertiary/aromatic N) is 1. The van der Waals surface area contributed by atoms with Gasteiger partial charge in [-0.3, -0.25) is 4.79 Å². The molecule has 4 nitrogen and oxygen atoms in total. The first-order valence-corrected chi connectivity index (χ1v) is 3.75. The van der Waals surface area contributed by atoms with E-state index in [0.29, 0.717) is 6.42 Å². The number of rotatable bonds is 4. The maximum absolute atomic E-state index is 10.7. The van der Waals surface area contributed by atoms with Crippen molar-refractivity contribution in [3.8, 4) is 0 Å². The molecule has 0 aromatic carbocycles. The second-order valence-electron chi connectivity index (χ2n) is 3.04. The standard InChI is InChI=1S/C8H13NO3/c1-5(2)4-7(11)8(9-12)6(3)10/h5,11H,4H2,1-3H3. The minimum atomic E-state index is -0.497. The third-order valence-corrected chi connectivity index (χ3v) is 1.30. The third kappa shape index (κ3) is 3.27. The fourth-order valence-corrected chi connectivity index (χ4v) is 0.804. The molecule has 0 rings (SSSR count). The molecule has 0 aromatic rings. The molecule has 68 valence electrons. The van der Waals surface area contributed by atoms with Gasteiger partial charge in [0.1, 0.15) is 5.76 Å². The monoisotopic (exact) mass is 171 g/mol. The summed E-state index contributed by atoms with van der Waals surface area (Å²) in [6.45, 7) is 4.95. The van der Waals surface area contributed by atoms with E-state index in [9.17, 15) is 14.8 Å². The number of hydrogen-bond acceptors (Lipinski definition) is 4. The molecular formula is C8H13NO3. The SMILES string of the molecule is CC(=O)C(N=O)=C(O)CC(C)C. The molecule has 1 N–H and O–H groups in total. The van der Waals surface area contributed by atoms with Crippen molar-refractivity contribution in [2.75, 3.05) is 0 Å². The van der Waals surface area contributed by atoms with Crippen LogP contribution in [-0.4, -0.2) is 10.9 Å². The van der Waals surface area contributed by atoms with Crippen molar-refractivity contribution >= 4 is 5.78 Å². The highest BCUT2D eigenvalue weighted by Gasteiger charge is 2.12. The van der Waals surface area contributed by atoms with Crippen molar-refractivity contribution in [3.05, 3.63) is 16.4 Å². The van der Waals surface area contributed by atoms with Crippen LogP contribution in [0.3, 0.4) is 0 Å². The van der Waals surface area contributed by atoms with Gasteiger partial charge in [-0.1, -0.05) is 13.8 Å². The van der Waals surface area contributed by atoms with Crippen molar-refractivity contribution in [1.82, 2.24) is 0 Å². The molecule has 0 aliphatic carbocycles. The second-order valence-corrected chi connectivity index (χ2v) is 3.04. The molecule has 0 heterocycles. The highest BCUT2D eigenvalue weighted by Crippen LogP contribution is 2.13. The van der Waals surface area contributed by atoms with Gasteiger partial charge in [0.05, 0.1) is 0 Å². The lowest BCUT2D eigenvalue weighted by atomic mass is 10.1. The third-order valence-electron chi connectivity index (χ3n) is 1.30. The zero-order valence-electron chi connectivity index (χ0n) is 7.50. The van der Waals surface area contributed by atoms with Gasteiger partial charge in [0, 0.05) is 13.3 Å². The van der Waals surface area contributed by atoms with Gasteiger partial charge in [0.2, 0.25) is 0 Å². The molecular weight excluding hydrogens is 158 g/mol. The molecule has 0 fully saturated rings. The summed E-state index contributed by atoms with van der Waals surface area (Å²) in [6.07, 6.45) is 0.306. The molecule has 0 amide bonds. The van der Waals surface area contributed by atoms with Gasteiger partial charge in [-0.2, -0.15) is 0 Å². The van der Waals surface area contributed by atoms with Crippen molar-refractivity contribution in [3.63, 3.8) is 0 Å². The maximum Gasteiger partial charge on any atom is 0.187 e. The Morgan fingerprint density at radius 2 is 2.00 bits per heavy atom. The van der Waals surface area contributed by atoms with Gasteiger partial charge in [-0.15, -0.1) is 4.91 Å². The average molecular weight is 171 g/mol. The van der Waals surface area contributed by atoms with Crippen LogP contribution in [0.1, 0.15) is 27.2 Å². The number of aliphatic hydroxyl groups is 1. The van der Waals surface area contributed by atoms with Gasteiger partial charge in [0.15, 0.2) is 11.5 Å². The number of hydrogen-bond donors (Lipinski definition) is 1. The minimum Gasteiger partial charge on any atom is -0.510 e. The van der Waals surface area contributed by atoms with Gasteiger partial charge >= 0.3 is 0 Å². The Kier molecular flexibility index (Phi) is 4.18. The number of nitroso groups, excluding NO2 is 1. The smallest absolute Gasteiger partial charge is 0.187 e. The van der Waals surface area contributed by atoms with Crippen LogP contribution in [0.2, 0.25) is 0 Å². The zero-order chi connectivity index (χ0) is 9.72. The lowest BCUT2D eigenvalue weighted by molar-refractivity contribution is -0.113. The number of ketones is 1. The molecule has 0 unspecified atom stereocenters. The number of carbonyl (C=O) groups excluding carboxylic acids is 1. The number of Topliss-reactive ketones (excluding diaryl/α,β-unsaturated/α-hetero) is 1. The van der Waals surface area contributed by atoms with E-state index in [2.05, 4.69) is 5.18 Å². The predicted molar refractivity (Wildman–Crippen MR) is 45.6 cm³/mol. The molecule has 0 aliphatic rings. The number of aliphatic hydroxyl groups excluding tert-OH is 1. The molecule has 0 bridgehead atoms. The Labute approximate surface area is 71.3 Å². The molecule has 0 radical (unpaired) electrons. The molecule has 0 atom stereocenters. The Balaban J connectivity index is 4.60. The molecule has 0 saturated heterocycles. The number of carbonyl (C=O) groups is 1. The molecule has 0 aliphatic heterocycles. The summed E-state index contributed by atoms with van der Waals surface area (Å²) in [5.74, 6) is -0.517. The Morgan fingerprint density at radius 3 is 2.25 bits per heavy atom. The Morgan fingerprint density at radius 1 is 1.50 bits per heavy atom. The van der Waals surface area contributed by atoms with Crippen LogP contribution in [0.4, 0.5) is 0 Å². The highest BCUT2D eigenvalue weighted by molar-refractivity contribution is 5.93. The summed E-state index contributed by atoms with van der Waals surface area (Å²) in [7, 11) is 0. The predicted octanol–water partition coefficient (Wildman–Crippen LogP) is 2.16. The topological polar surface area (TPSA) is 66.7 Å². The zero-order valence-corrected chi connectivity index (χ0v) is 7.50.